The van der Waals surface area contributed by atoms with E-state index < -0.39 is 46.2 Å². The lowest BCUT2D eigenvalue weighted by molar-refractivity contribution is -0.121. The molecular formula is C12H25NO8S. The van der Waals surface area contributed by atoms with Gasteiger partial charge >= 0.3 is 0 Å². The first-order valence-electron chi connectivity index (χ1n) is 6.95. The van der Waals surface area contributed by atoms with Crippen LogP contribution >= 0.6 is 0 Å². The van der Waals surface area contributed by atoms with Crippen molar-refractivity contribution < 1.29 is 38.2 Å². The molecule has 1 amide bonds. The van der Waals surface area contributed by atoms with Crippen LogP contribution in [0.25, 0.3) is 0 Å². The molecule has 6 N–H and O–H groups in total. The van der Waals surface area contributed by atoms with E-state index in [-0.39, 0.29) is 32.2 Å². The highest BCUT2D eigenvalue weighted by Gasteiger charge is 2.21. The second kappa shape index (κ2) is 10.1. The molecule has 0 aliphatic rings. The molecule has 0 spiro atoms. The SMILES string of the molecule is CC(O)C[C@H](O)[C@H](O)C[C@H](O)CCC(=O)NCCS(=O)(=O)O. The number of hydrogen-bond acceptors (Lipinski definition) is 7. The number of hydrogen-bond donors (Lipinski definition) is 6. The Kier molecular flexibility index (Phi) is 9.72. The molecule has 0 rings (SSSR count). The van der Waals surface area contributed by atoms with Gasteiger partial charge in [-0.3, -0.25) is 9.35 Å². The van der Waals surface area contributed by atoms with E-state index in [9.17, 15) is 28.5 Å². The Hall–Kier alpha value is -0.780. The lowest BCUT2D eigenvalue weighted by Gasteiger charge is -2.21. The predicted octanol–water partition coefficient (Wildman–Crippen LogP) is -1.99. The van der Waals surface area contributed by atoms with Crippen molar-refractivity contribution in [3.63, 3.8) is 0 Å². The van der Waals surface area contributed by atoms with Crippen LogP contribution in [0.15, 0.2) is 0 Å². The van der Waals surface area contributed by atoms with Crippen molar-refractivity contribution in [2.45, 2.75) is 57.0 Å². The number of nitrogens with one attached hydrogen (secondary N) is 1. The summed E-state index contributed by atoms with van der Waals surface area (Å²) in [7, 11) is -4.13. The Morgan fingerprint density at radius 1 is 1.09 bits per heavy atom. The van der Waals surface area contributed by atoms with Crippen molar-refractivity contribution in [3.8, 4) is 0 Å². The molecule has 0 radical (unpaired) electrons. The molecule has 0 aliphatic heterocycles. The summed E-state index contributed by atoms with van der Waals surface area (Å²) in [4.78, 5) is 11.4. The first-order chi connectivity index (χ1) is 10.0. The summed E-state index contributed by atoms with van der Waals surface area (Å²) >= 11 is 0. The average Bonchev–Trinajstić information content (AvgIpc) is 2.33. The first kappa shape index (κ1) is 21.2. The quantitative estimate of drug-likeness (QED) is 0.235. The first-order valence-corrected chi connectivity index (χ1v) is 8.56. The van der Waals surface area contributed by atoms with Crippen molar-refractivity contribution in [2.24, 2.45) is 0 Å². The lowest BCUT2D eigenvalue weighted by Crippen LogP contribution is -2.33. The van der Waals surface area contributed by atoms with Crippen molar-refractivity contribution in [3.05, 3.63) is 0 Å². The van der Waals surface area contributed by atoms with Gasteiger partial charge in [0.15, 0.2) is 0 Å². The molecule has 0 heterocycles. The molecule has 0 bridgehead atoms. The smallest absolute Gasteiger partial charge is 0.266 e. The maximum atomic E-state index is 11.4. The maximum Gasteiger partial charge on any atom is 0.266 e. The summed E-state index contributed by atoms with van der Waals surface area (Å²) in [6, 6.07) is 0. The number of aliphatic hydroxyl groups is 4. The van der Waals surface area contributed by atoms with Gasteiger partial charge in [-0.15, -0.1) is 0 Å². The third kappa shape index (κ3) is 11.8. The fraction of sp³-hybridized carbons (Fsp3) is 0.917. The van der Waals surface area contributed by atoms with E-state index in [2.05, 4.69) is 5.32 Å². The minimum absolute atomic E-state index is 0.0238. The molecule has 1 unspecified atom stereocenters. The van der Waals surface area contributed by atoms with E-state index in [4.69, 9.17) is 9.66 Å². The van der Waals surface area contributed by atoms with E-state index in [0.29, 0.717) is 0 Å². The van der Waals surface area contributed by atoms with Gasteiger partial charge in [0.2, 0.25) is 5.91 Å². The molecule has 0 fully saturated rings. The summed E-state index contributed by atoms with van der Waals surface area (Å²) in [5.41, 5.74) is 0. The van der Waals surface area contributed by atoms with Gasteiger partial charge in [0.25, 0.3) is 10.1 Å². The second-order valence-electron chi connectivity index (χ2n) is 5.28. The van der Waals surface area contributed by atoms with Crippen molar-refractivity contribution >= 4 is 16.0 Å². The zero-order chi connectivity index (χ0) is 17.3. The Morgan fingerprint density at radius 3 is 2.14 bits per heavy atom. The topological polar surface area (TPSA) is 164 Å². The van der Waals surface area contributed by atoms with Crippen molar-refractivity contribution in [2.75, 3.05) is 12.3 Å². The van der Waals surface area contributed by atoms with Crippen LogP contribution in [-0.2, 0) is 14.9 Å². The van der Waals surface area contributed by atoms with Gasteiger partial charge in [-0.1, -0.05) is 0 Å². The molecule has 9 nitrogen and oxygen atoms in total. The molecule has 0 aromatic carbocycles. The Bertz CT molecular complexity index is 425. The molecule has 10 heteroatoms. The van der Waals surface area contributed by atoms with Crippen molar-refractivity contribution in [1.29, 1.82) is 0 Å². The Morgan fingerprint density at radius 2 is 1.64 bits per heavy atom. The zero-order valence-corrected chi connectivity index (χ0v) is 13.2. The molecule has 0 aliphatic carbocycles. The largest absolute Gasteiger partial charge is 0.393 e. The van der Waals surface area contributed by atoms with Gasteiger partial charge < -0.3 is 25.7 Å². The molecule has 0 aromatic rings. The minimum Gasteiger partial charge on any atom is -0.393 e. The monoisotopic (exact) mass is 343 g/mol. The van der Waals surface area contributed by atoms with E-state index in [1.165, 1.54) is 6.92 Å². The molecule has 0 saturated carbocycles. The zero-order valence-electron chi connectivity index (χ0n) is 12.4. The summed E-state index contributed by atoms with van der Waals surface area (Å²) in [5.74, 6) is -1.09. The fourth-order valence-electron chi connectivity index (χ4n) is 1.77. The highest BCUT2D eigenvalue weighted by molar-refractivity contribution is 7.85. The summed E-state index contributed by atoms with van der Waals surface area (Å²) in [6.07, 6.45) is -4.43. The van der Waals surface area contributed by atoms with Gasteiger partial charge in [-0.05, 0) is 13.3 Å². The van der Waals surface area contributed by atoms with Gasteiger partial charge in [-0.25, -0.2) is 0 Å². The molecule has 4 atom stereocenters. The van der Waals surface area contributed by atoms with Crippen LogP contribution in [0.3, 0.4) is 0 Å². The van der Waals surface area contributed by atoms with Gasteiger partial charge in [0, 0.05) is 25.8 Å². The van der Waals surface area contributed by atoms with Crippen LogP contribution in [0, 0.1) is 0 Å². The fourth-order valence-corrected chi connectivity index (χ4v) is 2.13. The predicted molar refractivity (Wildman–Crippen MR) is 77.6 cm³/mol. The third-order valence-electron chi connectivity index (χ3n) is 2.93. The standard InChI is InChI=1S/C12H25NO8S/c1-8(14)6-10(16)11(17)7-9(15)2-3-12(18)13-4-5-22(19,20)21/h8-11,14-17H,2-7H2,1H3,(H,13,18)(H,19,20,21)/t8?,9-,10+,11-/m1/s1. The van der Waals surface area contributed by atoms with Gasteiger partial charge in [0.1, 0.15) is 0 Å². The van der Waals surface area contributed by atoms with Crippen LogP contribution in [0.5, 0.6) is 0 Å². The normalized spacial score (nSPS) is 17.5. The second-order valence-corrected chi connectivity index (χ2v) is 6.86. The van der Waals surface area contributed by atoms with Gasteiger partial charge in [0.05, 0.1) is 30.2 Å². The number of aliphatic hydroxyl groups excluding tert-OH is 4. The Labute approximate surface area is 129 Å². The van der Waals surface area contributed by atoms with Crippen molar-refractivity contribution in [1.82, 2.24) is 5.32 Å². The number of carbonyl (C=O) groups excluding carboxylic acids is 1. The lowest BCUT2D eigenvalue weighted by atomic mass is 10.00. The van der Waals surface area contributed by atoms with E-state index in [1.807, 2.05) is 0 Å². The van der Waals surface area contributed by atoms with Crippen LogP contribution < -0.4 is 5.32 Å². The highest BCUT2D eigenvalue weighted by Crippen LogP contribution is 2.11. The minimum atomic E-state index is -4.13. The molecule has 132 valence electrons. The average molecular weight is 343 g/mol. The third-order valence-corrected chi connectivity index (χ3v) is 3.65. The van der Waals surface area contributed by atoms with Crippen LogP contribution in [0.1, 0.15) is 32.6 Å². The number of rotatable bonds is 11. The molecule has 0 aromatic heterocycles. The van der Waals surface area contributed by atoms with E-state index in [1.54, 1.807) is 0 Å². The Balaban J connectivity index is 3.92. The summed E-state index contributed by atoms with van der Waals surface area (Å²) < 4.78 is 29.3. The van der Waals surface area contributed by atoms with Gasteiger partial charge in [-0.2, -0.15) is 8.42 Å². The number of carbonyl (C=O) groups is 1. The molecule has 0 saturated heterocycles. The molecule has 22 heavy (non-hydrogen) atoms. The summed E-state index contributed by atoms with van der Waals surface area (Å²) in [6.45, 7) is 1.23. The highest BCUT2D eigenvalue weighted by atomic mass is 32.2. The van der Waals surface area contributed by atoms with Crippen LogP contribution in [-0.4, -0.2) is 76.0 Å². The van der Waals surface area contributed by atoms with Crippen LogP contribution in [0.4, 0.5) is 0 Å². The van der Waals surface area contributed by atoms with E-state index in [0.717, 1.165) is 0 Å². The van der Waals surface area contributed by atoms with Crippen LogP contribution in [0.2, 0.25) is 0 Å². The summed E-state index contributed by atoms with van der Waals surface area (Å²) in [5, 5.41) is 40.1. The molecular weight excluding hydrogens is 318 g/mol. The van der Waals surface area contributed by atoms with E-state index >= 15 is 0 Å². The maximum absolute atomic E-state index is 11.4. The number of amides is 1.